The average Bonchev–Trinajstić information content (AvgIpc) is 3.31. The molecule has 1 aromatic rings. The van der Waals surface area contributed by atoms with Crippen LogP contribution in [-0.2, 0) is 9.59 Å². The maximum atomic E-state index is 12.5. The number of nitrogens with zero attached hydrogens (tertiary/aromatic N) is 1. The molecular formula is C16H22N2O3. The van der Waals surface area contributed by atoms with Crippen molar-refractivity contribution in [3.8, 4) is 5.75 Å². The Hall–Kier alpha value is -2.04. The van der Waals surface area contributed by atoms with E-state index in [1.54, 1.807) is 36.3 Å². The standard InChI is InChI=1S/C16H22N2O3/c1-4-18(5-2)15(20)16(10-11-16)14(19)17-12-6-8-13(21-3)9-7-12/h6-9H,4-5,10-11H2,1-3H3,(H,17,19). The quantitative estimate of drug-likeness (QED) is 0.818. The van der Waals surface area contributed by atoms with Crippen LogP contribution >= 0.6 is 0 Å². The minimum atomic E-state index is -0.855. The number of ether oxygens (including phenoxy) is 1. The molecule has 1 fully saturated rings. The van der Waals surface area contributed by atoms with Crippen LogP contribution in [0.25, 0.3) is 0 Å². The fraction of sp³-hybridized carbons (Fsp3) is 0.500. The molecule has 0 bridgehead atoms. The molecule has 1 saturated carbocycles. The smallest absolute Gasteiger partial charge is 0.240 e. The maximum Gasteiger partial charge on any atom is 0.240 e. The van der Waals surface area contributed by atoms with Gasteiger partial charge in [-0.05, 0) is 51.0 Å². The number of hydrogen-bond donors (Lipinski definition) is 1. The van der Waals surface area contributed by atoms with Crippen LogP contribution in [0.15, 0.2) is 24.3 Å². The molecule has 0 radical (unpaired) electrons. The van der Waals surface area contributed by atoms with Crippen LogP contribution in [0, 0.1) is 5.41 Å². The highest BCUT2D eigenvalue weighted by atomic mass is 16.5. The van der Waals surface area contributed by atoms with Crippen LogP contribution in [0.1, 0.15) is 26.7 Å². The monoisotopic (exact) mass is 290 g/mol. The molecule has 1 aliphatic carbocycles. The summed E-state index contributed by atoms with van der Waals surface area (Å²) in [7, 11) is 1.59. The van der Waals surface area contributed by atoms with E-state index in [0.29, 0.717) is 31.6 Å². The van der Waals surface area contributed by atoms with Crippen LogP contribution in [0.3, 0.4) is 0 Å². The molecule has 0 unspecified atom stereocenters. The van der Waals surface area contributed by atoms with Crippen molar-refractivity contribution in [3.05, 3.63) is 24.3 Å². The Kier molecular flexibility index (Phi) is 4.50. The fourth-order valence-electron chi connectivity index (χ4n) is 2.40. The average molecular weight is 290 g/mol. The Morgan fingerprint density at radius 3 is 2.19 bits per heavy atom. The second-order valence-corrected chi connectivity index (χ2v) is 5.24. The van der Waals surface area contributed by atoms with Gasteiger partial charge in [-0.25, -0.2) is 0 Å². The first-order valence-electron chi connectivity index (χ1n) is 7.32. The SMILES string of the molecule is CCN(CC)C(=O)C1(C(=O)Nc2ccc(OC)cc2)CC1. The van der Waals surface area contributed by atoms with Gasteiger partial charge in [0.05, 0.1) is 7.11 Å². The molecule has 5 heteroatoms. The molecule has 1 aromatic carbocycles. The lowest BCUT2D eigenvalue weighted by Gasteiger charge is -2.24. The highest BCUT2D eigenvalue weighted by Gasteiger charge is 2.57. The molecule has 1 aliphatic rings. The van der Waals surface area contributed by atoms with Crippen molar-refractivity contribution >= 4 is 17.5 Å². The summed E-state index contributed by atoms with van der Waals surface area (Å²) >= 11 is 0. The van der Waals surface area contributed by atoms with Gasteiger partial charge >= 0.3 is 0 Å². The lowest BCUT2D eigenvalue weighted by Crippen LogP contribution is -2.42. The lowest BCUT2D eigenvalue weighted by molar-refractivity contribution is -0.141. The van der Waals surface area contributed by atoms with Gasteiger partial charge < -0.3 is 15.0 Å². The highest BCUT2D eigenvalue weighted by Crippen LogP contribution is 2.48. The fourth-order valence-corrected chi connectivity index (χ4v) is 2.40. The van der Waals surface area contributed by atoms with Crippen LogP contribution in [0.2, 0.25) is 0 Å². The van der Waals surface area contributed by atoms with Crippen molar-refractivity contribution in [1.29, 1.82) is 0 Å². The molecule has 2 amide bonds. The van der Waals surface area contributed by atoms with E-state index in [4.69, 9.17) is 4.74 Å². The minimum absolute atomic E-state index is 0.0569. The van der Waals surface area contributed by atoms with Crippen LogP contribution in [0.4, 0.5) is 5.69 Å². The van der Waals surface area contributed by atoms with Crippen molar-refractivity contribution in [2.24, 2.45) is 5.41 Å². The summed E-state index contributed by atoms with van der Waals surface area (Å²) in [6.45, 7) is 5.12. The normalized spacial score (nSPS) is 15.2. The van der Waals surface area contributed by atoms with Gasteiger partial charge in [-0.15, -0.1) is 0 Å². The Labute approximate surface area is 125 Å². The number of benzene rings is 1. The first-order valence-corrected chi connectivity index (χ1v) is 7.32. The molecule has 0 aromatic heterocycles. The number of carbonyl (C=O) groups excluding carboxylic acids is 2. The number of carbonyl (C=O) groups is 2. The number of nitrogens with one attached hydrogen (secondary N) is 1. The first kappa shape index (κ1) is 15.4. The summed E-state index contributed by atoms with van der Waals surface area (Å²) in [5.41, 5.74) is -0.175. The summed E-state index contributed by atoms with van der Waals surface area (Å²) < 4.78 is 5.08. The van der Waals surface area contributed by atoms with E-state index in [2.05, 4.69) is 5.32 Å². The number of amides is 2. The molecule has 5 nitrogen and oxygen atoms in total. The van der Waals surface area contributed by atoms with Gasteiger partial charge in [0.15, 0.2) is 0 Å². The summed E-state index contributed by atoms with van der Waals surface area (Å²) in [5.74, 6) is 0.469. The highest BCUT2D eigenvalue weighted by molar-refractivity contribution is 6.13. The topological polar surface area (TPSA) is 58.6 Å². The van der Waals surface area contributed by atoms with Gasteiger partial charge in [-0.3, -0.25) is 9.59 Å². The molecule has 1 N–H and O–H groups in total. The number of hydrogen-bond acceptors (Lipinski definition) is 3. The zero-order chi connectivity index (χ0) is 15.5. The summed E-state index contributed by atoms with van der Waals surface area (Å²) in [6.07, 6.45) is 1.26. The van der Waals surface area contributed by atoms with E-state index in [0.717, 1.165) is 5.75 Å². The third-order valence-corrected chi connectivity index (χ3v) is 3.99. The predicted octanol–water partition coefficient (Wildman–Crippen LogP) is 2.28. The first-order chi connectivity index (χ1) is 10.1. The second-order valence-electron chi connectivity index (χ2n) is 5.24. The molecule has 0 atom stereocenters. The largest absolute Gasteiger partial charge is 0.497 e. The molecule has 0 aliphatic heterocycles. The Morgan fingerprint density at radius 2 is 1.76 bits per heavy atom. The van der Waals surface area contributed by atoms with Crippen molar-refractivity contribution in [2.75, 3.05) is 25.5 Å². The minimum Gasteiger partial charge on any atom is -0.497 e. The van der Waals surface area contributed by atoms with E-state index in [1.165, 1.54) is 0 Å². The molecule has 2 rings (SSSR count). The second kappa shape index (κ2) is 6.16. The van der Waals surface area contributed by atoms with Crippen molar-refractivity contribution in [2.45, 2.75) is 26.7 Å². The predicted molar refractivity (Wildman–Crippen MR) is 81.2 cm³/mol. The summed E-state index contributed by atoms with van der Waals surface area (Å²) in [6, 6.07) is 7.10. The van der Waals surface area contributed by atoms with Gasteiger partial charge in [-0.1, -0.05) is 0 Å². The summed E-state index contributed by atoms with van der Waals surface area (Å²) in [4.78, 5) is 26.6. The number of methoxy groups -OCH3 is 1. The van der Waals surface area contributed by atoms with Crippen LogP contribution < -0.4 is 10.1 Å². The van der Waals surface area contributed by atoms with Gasteiger partial charge in [0.25, 0.3) is 0 Å². The Bertz CT molecular complexity index is 517. The number of anilines is 1. The van der Waals surface area contributed by atoms with Gasteiger partial charge in [0, 0.05) is 18.8 Å². The van der Waals surface area contributed by atoms with Crippen LogP contribution in [-0.4, -0.2) is 36.9 Å². The maximum absolute atomic E-state index is 12.5. The zero-order valence-electron chi connectivity index (χ0n) is 12.8. The molecule has 0 saturated heterocycles. The van der Waals surface area contributed by atoms with E-state index in [9.17, 15) is 9.59 Å². The molecule has 0 heterocycles. The Balaban J connectivity index is 2.06. The molecule has 114 valence electrons. The number of rotatable bonds is 6. The van der Waals surface area contributed by atoms with E-state index in [-0.39, 0.29) is 11.8 Å². The Morgan fingerprint density at radius 1 is 1.19 bits per heavy atom. The molecule has 0 spiro atoms. The molecular weight excluding hydrogens is 268 g/mol. The lowest BCUT2D eigenvalue weighted by atomic mass is 10.0. The van der Waals surface area contributed by atoms with E-state index >= 15 is 0 Å². The van der Waals surface area contributed by atoms with E-state index < -0.39 is 5.41 Å². The van der Waals surface area contributed by atoms with E-state index in [1.807, 2.05) is 13.8 Å². The van der Waals surface area contributed by atoms with Crippen molar-refractivity contribution in [3.63, 3.8) is 0 Å². The van der Waals surface area contributed by atoms with Crippen molar-refractivity contribution in [1.82, 2.24) is 4.90 Å². The van der Waals surface area contributed by atoms with Gasteiger partial charge in [0.2, 0.25) is 11.8 Å². The molecule has 21 heavy (non-hydrogen) atoms. The zero-order valence-corrected chi connectivity index (χ0v) is 12.8. The van der Waals surface area contributed by atoms with Crippen molar-refractivity contribution < 1.29 is 14.3 Å². The van der Waals surface area contributed by atoms with Gasteiger partial charge in [0.1, 0.15) is 11.2 Å². The third-order valence-electron chi connectivity index (χ3n) is 3.99. The third kappa shape index (κ3) is 3.01. The van der Waals surface area contributed by atoms with Crippen LogP contribution in [0.5, 0.6) is 5.75 Å². The van der Waals surface area contributed by atoms with Gasteiger partial charge in [-0.2, -0.15) is 0 Å². The summed E-state index contributed by atoms with van der Waals surface area (Å²) in [5, 5.41) is 2.84.